The molecule has 1 aromatic rings. The van der Waals surface area contributed by atoms with Crippen LogP contribution in [-0.2, 0) is 15.8 Å². The summed E-state index contributed by atoms with van der Waals surface area (Å²) in [6.45, 7) is 0.465. The van der Waals surface area contributed by atoms with Gasteiger partial charge in [0.1, 0.15) is 0 Å². The van der Waals surface area contributed by atoms with Crippen LogP contribution in [0.5, 0.6) is 0 Å². The van der Waals surface area contributed by atoms with Gasteiger partial charge in [0, 0.05) is 13.1 Å². The molecular weight excluding hydrogens is 270 g/mol. The van der Waals surface area contributed by atoms with Crippen molar-refractivity contribution in [3.8, 4) is 0 Å². The fourth-order valence-corrected chi connectivity index (χ4v) is 3.59. The smallest absolute Gasteiger partial charge is 0.335 e. The molecule has 1 aliphatic rings. The largest absolute Gasteiger partial charge is 0.478 e. The van der Waals surface area contributed by atoms with Crippen LogP contribution in [0.2, 0.25) is 0 Å². The molecule has 1 aromatic carbocycles. The minimum atomic E-state index is -3.45. The van der Waals surface area contributed by atoms with Gasteiger partial charge in [-0.3, -0.25) is 0 Å². The Morgan fingerprint density at radius 1 is 1.32 bits per heavy atom. The third-order valence-electron chi connectivity index (χ3n) is 3.07. The summed E-state index contributed by atoms with van der Waals surface area (Å²) < 4.78 is 25.4. The Morgan fingerprint density at radius 2 is 1.95 bits per heavy atom. The summed E-state index contributed by atoms with van der Waals surface area (Å²) >= 11 is 0. The monoisotopic (exact) mass is 285 g/mol. The Hall–Kier alpha value is -1.44. The number of carboxylic acid groups (broad SMARTS) is 1. The molecule has 1 unspecified atom stereocenters. The van der Waals surface area contributed by atoms with Gasteiger partial charge in [0.2, 0.25) is 10.0 Å². The third-order valence-corrected chi connectivity index (χ3v) is 4.89. The zero-order valence-corrected chi connectivity index (χ0v) is 11.0. The first-order valence-corrected chi connectivity index (χ1v) is 7.47. The molecule has 1 fully saturated rings. The second kappa shape index (κ2) is 5.28. The lowest BCUT2D eigenvalue weighted by molar-refractivity contribution is 0.0697. The van der Waals surface area contributed by atoms with E-state index in [0.29, 0.717) is 18.5 Å². The van der Waals surface area contributed by atoms with Gasteiger partial charge >= 0.3 is 5.97 Å². The van der Waals surface area contributed by atoms with E-state index >= 15 is 0 Å². The van der Waals surface area contributed by atoms with E-state index in [4.69, 9.17) is 5.11 Å². The number of hydrogen-bond acceptors (Lipinski definition) is 4. The first kappa shape index (κ1) is 14.0. The lowest BCUT2D eigenvalue weighted by Gasteiger charge is -2.15. The van der Waals surface area contributed by atoms with Crippen LogP contribution in [0.1, 0.15) is 22.3 Å². The lowest BCUT2D eigenvalue weighted by atomic mass is 10.1. The van der Waals surface area contributed by atoms with Gasteiger partial charge in [0.25, 0.3) is 0 Å². The molecule has 7 heteroatoms. The molecule has 0 aliphatic carbocycles. The van der Waals surface area contributed by atoms with Crippen molar-refractivity contribution in [2.24, 2.45) is 0 Å². The van der Waals surface area contributed by atoms with E-state index in [9.17, 15) is 18.3 Å². The molecule has 0 saturated carbocycles. The molecule has 1 atom stereocenters. The Kier molecular flexibility index (Phi) is 3.88. The van der Waals surface area contributed by atoms with Gasteiger partial charge in [-0.15, -0.1) is 0 Å². The summed E-state index contributed by atoms with van der Waals surface area (Å²) in [7, 11) is -3.45. The zero-order valence-electron chi connectivity index (χ0n) is 10.2. The Balaban J connectivity index is 2.10. The molecule has 19 heavy (non-hydrogen) atoms. The molecule has 1 heterocycles. The fraction of sp³-hybridized carbons (Fsp3) is 0.417. The minimum Gasteiger partial charge on any atom is -0.478 e. The second-order valence-corrected chi connectivity index (χ2v) is 6.53. The predicted octanol–water partition coefficient (Wildman–Crippen LogP) is 0.281. The summed E-state index contributed by atoms with van der Waals surface area (Å²) in [6.07, 6.45) is -0.138. The van der Waals surface area contributed by atoms with Gasteiger partial charge in [-0.1, -0.05) is 12.1 Å². The van der Waals surface area contributed by atoms with Crippen molar-refractivity contribution in [2.75, 3.05) is 13.1 Å². The van der Waals surface area contributed by atoms with Crippen molar-refractivity contribution in [1.29, 1.82) is 0 Å². The second-order valence-electron chi connectivity index (χ2n) is 4.56. The highest BCUT2D eigenvalue weighted by atomic mass is 32.2. The maximum Gasteiger partial charge on any atom is 0.335 e. The first-order chi connectivity index (χ1) is 8.88. The highest BCUT2D eigenvalue weighted by Gasteiger charge is 2.30. The zero-order chi connectivity index (χ0) is 14.0. The highest BCUT2D eigenvalue weighted by molar-refractivity contribution is 7.88. The number of aliphatic hydroxyl groups excluding tert-OH is 1. The number of nitrogens with zero attached hydrogens (tertiary/aromatic N) is 1. The molecule has 2 N–H and O–H groups in total. The van der Waals surface area contributed by atoms with Crippen molar-refractivity contribution in [3.63, 3.8) is 0 Å². The maximum atomic E-state index is 12.1. The SMILES string of the molecule is O=C(O)c1ccc(CS(=O)(=O)N2CCC(O)C2)cc1. The Morgan fingerprint density at radius 3 is 2.42 bits per heavy atom. The Labute approximate surface area is 111 Å². The fourth-order valence-electron chi connectivity index (χ4n) is 2.01. The number of carbonyl (C=O) groups is 1. The van der Waals surface area contributed by atoms with E-state index in [0.717, 1.165) is 0 Å². The van der Waals surface area contributed by atoms with E-state index in [1.54, 1.807) is 0 Å². The van der Waals surface area contributed by atoms with Crippen molar-refractivity contribution in [2.45, 2.75) is 18.3 Å². The first-order valence-electron chi connectivity index (χ1n) is 5.86. The number of aliphatic hydroxyl groups is 1. The quantitative estimate of drug-likeness (QED) is 0.828. The van der Waals surface area contributed by atoms with Gasteiger partial charge in [-0.2, -0.15) is 4.31 Å². The van der Waals surface area contributed by atoms with Crippen molar-refractivity contribution in [1.82, 2.24) is 4.31 Å². The maximum absolute atomic E-state index is 12.1. The van der Waals surface area contributed by atoms with Gasteiger partial charge in [-0.05, 0) is 24.1 Å². The van der Waals surface area contributed by atoms with E-state index < -0.39 is 22.1 Å². The molecular formula is C12H15NO5S. The van der Waals surface area contributed by atoms with Gasteiger partial charge in [0.15, 0.2) is 0 Å². The third kappa shape index (κ3) is 3.31. The highest BCUT2D eigenvalue weighted by Crippen LogP contribution is 2.18. The van der Waals surface area contributed by atoms with Crippen LogP contribution >= 0.6 is 0 Å². The van der Waals surface area contributed by atoms with Crippen LogP contribution in [0.3, 0.4) is 0 Å². The molecule has 1 aliphatic heterocycles. The van der Waals surface area contributed by atoms with Crippen LogP contribution in [0.4, 0.5) is 0 Å². The van der Waals surface area contributed by atoms with Crippen LogP contribution in [0, 0.1) is 0 Å². The molecule has 6 nitrogen and oxygen atoms in total. The summed E-state index contributed by atoms with van der Waals surface area (Å²) in [5.74, 6) is -1.23. The summed E-state index contributed by atoms with van der Waals surface area (Å²) in [5, 5.41) is 18.1. The standard InChI is InChI=1S/C12H15NO5S/c14-11-5-6-13(7-11)19(17,18)8-9-1-3-10(4-2-9)12(15)16/h1-4,11,14H,5-8H2,(H,15,16). The van der Waals surface area contributed by atoms with Crippen molar-refractivity contribution in [3.05, 3.63) is 35.4 Å². The van der Waals surface area contributed by atoms with Crippen LogP contribution in [0.15, 0.2) is 24.3 Å². The molecule has 0 aromatic heterocycles. The van der Waals surface area contributed by atoms with Gasteiger partial charge in [-0.25, -0.2) is 13.2 Å². The van der Waals surface area contributed by atoms with Crippen molar-refractivity contribution >= 4 is 16.0 Å². The summed E-state index contributed by atoms with van der Waals surface area (Å²) in [6, 6.07) is 5.75. The number of aromatic carboxylic acids is 1. The van der Waals surface area contributed by atoms with Gasteiger partial charge < -0.3 is 10.2 Å². The molecule has 0 spiro atoms. The predicted molar refractivity (Wildman–Crippen MR) is 68.2 cm³/mol. The molecule has 104 valence electrons. The Bertz CT molecular complexity index is 566. The lowest BCUT2D eigenvalue weighted by Crippen LogP contribution is -2.30. The van der Waals surface area contributed by atoms with Crippen LogP contribution < -0.4 is 0 Å². The van der Waals surface area contributed by atoms with E-state index in [-0.39, 0.29) is 17.9 Å². The van der Waals surface area contributed by atoms with E-state index in [1.165, 1.54) is 28.6 Å². The number of hydrogen-bond donors (Lipinski definition) is 2. The van der Waals surface area contributed by atoms with Crippen molar-refractivity contribution < 1.29 is 23.4 Å². The molecule has 1 saturated heterocycles. The molecule has 0 bridgehead atoms. The molecule has 0 amide bonds. The summed E-state index contributed by atoms with van der Waals surface area (Å²) in [4.78, 5) is 10.7. The van der Waals surface area contributed by atoms with E-state index in [2.05, 4.69) is 0 Å². The average molecular weight is 285 g/mol. The number of carboxylic acids is 1. The van der Waals surface area contributed by atoms with Gasteiger partial charge in [0.05, 0.1) is 17.4 Å². The van der Waals surface area contributed by atoms with E-state index in [1.807, 2.05) is 0 Å². The minimum absolute atomic E-state index is 0.123. The average Bonchev–Trinajstić information content (AvgIpc) is 2.77. The topological polar surface area (TPSA) is 94.9 Å². The number of rotatable bonds is 4. The number of sulfonamides is 1. The van der Waals surface area contributed by atoms with Crippen LogP contribution in [0.25, 0.3) is 0 Å². The molecule has 2 rings (SSSR count). The number of β-amino-alcohol motifs (C(OH)–C–C–N with tert-alkyl or cyclic N) is 1. The normalized spacial score (nSPS) is 20.6. The summed E-state index contributed by atoms with van der Waals surface area (Å²) in [5.41, 5.74) is 0.657. The number of benzene rings is 1. The molecule has 0 radical (unpaired) electrons. The van der Waals surface area contributed by atoms with Crippen LogP contribution in [-0.4, -0.2) is 48.1 Å².